The number of benzene rings is 1. The summed E-state index contributed by atoms with van der Waals surface area (Å²) in [6.45, 7) is 5.09. The molecule has 1 fully saturated rings. The van der Waals surface area contributed by atoms with E-state index in [4.69, 9.17) is 4.42 Å². The Morgan fingerprint density at radius 1 is 1.21 bits per heavy atom. The van der Waals surface area contributed by atoms with Crippen molar-refractivity contribution in [3.8, 4) is 11.5 Å². The highest BCUT2D eigenvalue weighted by Gasteiger charge is 2.30. The van der Waals surface area contributed by atoms with E-state index >= 15 is 0 Å². The molecular formula is C19H25N3O2. The summed E-state index contributed by atoms with van der Waals surface area (Å²) >= 11 is 0. The molecule has 1 N–H and O–H groups in total. The van der Waals surface area contributed by atoms with E-state index in [9.17, 15) is 4.79 Å². The lowest BCUT2D eigenvalue weighted by Crippen LogP contribution is -2.35. The molecule has 0 spiro atoms. The van der Waals surface area contributed by atoms with Gasteiger partial charge in [0.2, 0.25) is 17.7 Å². The van der Waals surface area contributed by atoms with Crippen molar-refractivity contribution < 1.29 is 9.21 Å². The van der Waals surface area contributed by atoms with Gasteiger partial charge >= 0.3 is 0 Å². The van der Waals surface area contributed by atoms with Gasteiger partial charge in [0, 0.05) is 24.4 Å². The monoisotopic (exact) mass is 327 g/mol. The second kappa shape index (κ2) is 7.16. The molecule has 1 saturated carbocycles. The van der Waals surface area contributed by atoms with Crippen LogP contribution in [0.15, 0.2) is 34.7 Å². The van der Waals surface area contributed by atoms with Gasteiger partial charge in [-0.1, -0.05) is 32.0 Å². The molecule has 0 aliphatic heterocycles. The molecule has 0 unspecified atom stereocenters. The minimum Gasteiger partial charge on any atom is -0.421 e. The van der Waals surface area contributed by atoms with Gasteiger partial charge in [-0.25, -0.2) is 0 Å². The molecule has 0 radical (unpaired) electrons. The molecule has 1 aromatic carbocycles. The lowest BCUT2D eigenvalue weighted by molar-refractivity contribution is -0.126. The fourth-order valence-corrected chi connectivity index (χ4v) is 3.15. The Balaban J connectivity index is 1.45. The van der Waals surface area contributed by atoms with Gasteiger partial charge in [0.05, 0.1) is 0 Å². The molecular weight excluding hydrogens is 302 g/mol. The number of hydrogen-bond donors (Lipinski definition) is 1. The normalized spacial score (nSPS) is 17.6. The van der Waals surface area contributed by atoms with Crippen molar-refractivity contribution in [3.63, 3.8) is 0 Å². The Kier molecular flexibility index (Phi) is 4.97. The summed E-state index contributed by atoms with van der Waals surface area (Å²) in [5.74, 6) is 1.39. The molecule has 0 saturated heterocycles. The fourth-order valence-electron chi connectivity index (χ4n) is 3.15. The van der Waals surface area contributed by atoms with E-state index in [1.54, 1.807) is 0 Å². The Morgan fingerprint density at radius 3 is 2.62 bits per heavy atom. The average Bonchev–Trinajstić information content (AvgIpc) is 3.04. The van der Waals surface area contributed by atoms with Crippen molar-refractivity contribution in [1.82, 2.24) is 15.5 Å². The summed E-state index contributed by atoms with van der Waals surface area (Å²) in [4.78, 5) is 12.2. The maximum Gasteiger partial charge on any atom is 0.247 e. The van der Waals surface area contributed by atoms with Crippen LogP contribution in [0.5, 0.6) is 0 Å². The summed E-state index contributed by atoms with van der Waals surface area (Å²) < 4.78 is 5.65. The van der Waals surface area contributed by atoms with Gasteiger partial charge < -0.3 is 9.73 Å². The third-order valence-corrected chi connectivity index (χ3v) is 4.84. The standard InChI is InChI=1S/C19H25N3O2/c1-19(2)11-8-14(9-12-19)17(23)20-13-10-16-21-22-18(24-16)15-6-4-3-5-7-15/h3-7,14H,8-13H2,1-2H3,(H,20,23). The summed E-state index contributed by atoms with van der Waals surface area (Å²) in [6, 6.07) is 9.69. The van der Waals surface area contributed by atoms with Crippen LogP contribution in [0.1, 0.15) is 45.4 Å². The van der Waals surface area contributed by atoms with Crippen LogP contribution in [0.2, 0.25) is 0 Å². The van der Waals surface area contributed by atoms with E-state index in [-0.39, 0.29) is 11.8 Å². The van der Waals surface area contributed by atoms with Crippen molar-refractivity contribution >= 4 is 5.91 Å². The molecule has 3 rings (SSSR count). The number of carbonyl (C=O) groups is 1. The number of carbonyl (C=O) groups excluding carboxylic acids is 1. The second-order valence-electron chi connectivity index (χ2n) is 7.35. The number of nitrogens with zero attached hydrogens (tertiary/aromatic N) is 2. The van der Waals surface area contributed by atoms with Gasteiger partial charge in [0.15, 0.2) is 0 Å². The van der Waals surface area contributed by atoms with Crippen LogP contribution in [0, 0.1) is 11.3 Å². The zero-order chi connectivity index (χ0) is 17.0. The average molecular weight is 327 g/mol. The summed E-state index contributed by atoms with van der Waals surface area (Å²) in [7, 11) is 0. The highest BCUT2D eigenvalue weighted by Crippen LogP contribution is 2.37. The zero-order valence-corrected chi connectivity index (χ0v) is 14.4. The molecule has 1 aromatic heterocycles. The molecule has 0 bridgehead atoms. The largest absolute Gasteiger partial charge is 0.421 e. The predicted octanol–water partition coefficient (Wildman–Crippen LogP) is 3.61. The molecule has 0 atom stereocenters. The maximum atomic E-state index is 12.2. The van der Waals surface area contributed by atoms with Crippen LogP contribution >= 0.6 is 0 Å². The van der Waals surface area contributed by atoms with Crippen molar-refractivity contribution in [1.29, 1.82) is 0 Å². The first kappa shape index (κ1) is 16.7. The second-order valence-corrected chi connectivity index (χ2v) is 7.35. The van der Waals surface area contributed by atoms with E-state index in [2.05, 4.69) is 29.4 Å². The number of rotatable bonds is 5. The molecule has 5 nitrogen and oxygen atoms in total. The molecule has 2 aromatic rings. The van der Waals surface area contributed by atoms with Crippen molar-refractivity contribution in [2.75, 3.05) is 6.54 Å². The Hall–Kier alpha value is -2.17. The molecule has 128 valence electrons. The van der Waals surface area contributed by atoms with Crippen LogP contribution in [0.25, 0.3) is 11.5 Å². The van der Waals surface area contributed by atoms with Crippen LogP contribution in [-0.2, 0) is 11.2 Å². The van der Waals surface area contributed by atoms with E-state index < -0.39 is 0 Å². The Morgan fingerprint density at radius 2 is 1.92 bits per heavy atom. The molecule has 1 heterocycles. The van der Waals surface area contributed by atoms with Gasteiger partial charge in [-0.15, -0.1) is 10.2 Å². The third-order valence-electron chi connectivity index (χ3n) is 4.84. The quantitative estimate of drug-likeness (QED) is 0.911. The smallest absolute Gasteiger partial charge is 0.247 e. The van der Waals surface area contributed by atoms with E-state index in [1.165, 1.54) is 0 Å². The van der Waals surface area contributed by atoms with Crippen LogP contribution in [-0.4, -0.2) is 22.6 Å². The molecule has 1 aliphatic carbocycles. The van der Waals surface area contributed by atoms with E-state index in [1.807, 2.05) is 30.3 Å². The van der Waals surface area contributed by atoms with Crippen LogP contribution < -0.4 is 5.32 Å². The van der Waals surface area contributed by atoms with Crippen molar-refractivity contribution in [3.05, 3.63) is 36.2 Å². The number of hydrogen-bond acceptors (Lipinski definition) is 4. The SMILES string of the molecule is CC1(C)CCC(C(=O)NCCc2nnc(-c3ccccc3)o2)CC1. The highest BCUT2D eigenvalue weighted by atomic mass is 16.4. The van der Waals surface area contributed by atoms with E-state index in [0.29, 0.717) is 30.2 Å². The predicted molar refractivity (Wildman–Crippen MR) is 92.2 cm³/mol. The number of amides is 1. The number of aromatic nitrogens is 2. The minimum absolute atomic E-state index is 0.153. The van der Waals surface area contributed by atoms with E-state index in [0.717, 1.165) is 31.2 Å². The van der Waals surface area contributed by atoms with Gasteiger partial charge in [-0.05, 0) is 43.2 Å². The first-order chi connectivity index (χ1) is 11.5. The molecule has 1 aliphatic rings. The van der Waals surface area contributed by atoms with Gasteiger partial charge in [0.25, 0.3) is 0 Å². The Labute approximate surface area is 142 Å². The number of nitrogens with one attached hydrogen (secondary N) is 1. The summed E-state index contributed by atoms with van der Waals surface area (Å²) in [5, 5.41) is 11.1. The van der Waals surface area contributed by atoms with Gasteiger partial charge in [0.1, 0.15) is 0 Å². The lowest BCUT2D eigenvalue weighted by atomic mass is 9.73. The zero-order valence-electron chi connectivity index (χ0n) is 14.4. The van der Waals surface area contributed by atoms with Crippen LogP contribution in [0.4, 0.5) is 0 Å². The maximum absolute atomic E-state index is 12.2. The highest BCUT2D eigenvalue weighted by molar-refractivity contribution is 5.78. The first-order valence-corrected chi connectivity index (χ1v) is 8.69. The first-order valence-electron chi connectivity index (χ1n) is 8.69. The molecule has 1 amide bonds. The van der Waals surface area contributed by atoms with Crippen molar-refractivity contribution in [2.45, 2.75) is 46.0 Å². The lowest BCUT2D eigenvalue weighted by Gasteiger charge is -2.33. The summed E-state index contributed by atoms with van der Waals surface area (Å²) in [6.07, 6.45) is 4.77. The summed E-state index contributed by atoms with van der Waals surface area (Å²) in [5.41, 5.74) is 1.29. The van der Waals surface area contributed by atoms with Crippen molar-refractivity contribution in [2.24, 2.45) is 11.3 Å². The van der Waals surface area contributed by atoms with Crippen LogP contribution in [0.3, 0.4) is 0 Å². The third kappa shape index (κ3) is 4.22. The molecule has 5 heteroatoms. The fraction of sp³-hybridized carbons (Fsp3) is 0.526. The Bertz CT molecular complexity index is 669. The van der Waals surface area contributed by atoms with Gasteiger partial charge in [-0.2, -0.15) is 0 Å². The van der Waals surface area contributed by atoms with Gasteiger partial charge in [-0.3, -0.25) is 4.79 Å². The minimum atomic E-state index is 0.153. The topological polar surface area (TPSA) is 68.0 Å². The molecule has 24 heavy (non-hydrogen) atoms.